The Morgan fingerprint density at radius 2 is 2.00 bits per heavy atom. The van der Waals surface area contributed by atoms with E-state index in [9.17, 15) is 4.79 Å². The Morgan fingerprint density at radius 3 is 2.80 bits per heavy atom. The quantitative estimate of drug-likeness (QED) is 0.916. The fourth-order valence-electron chi connectivity index (χ4n) is 3.13. The predicted molar refractivity (Wildman–Crippen MR) is 81.1 cm³/mol. The van der Waals surface area contributed by atoms with Crippen molar-refractivity contribution in [3.8, 4) is 0 Å². The van der Waals surface area contributed by atoms with Crippen molar-refractivity contribution in [2.75, 3.05) is 0 Å². The summed E-state index contributed by atoms with van der Waals surface area (Å²) in [5, 5.41) is 0. The number of benzene rings is 1. The van der Waals surface area contributed by atoms with Crippen LogP contribution in [0.4, 0.5) is 0 Å². The third-order valence-corrected chi connectivity index (χ3v) is 5.10. The summed E-state index contributed by atoms with van der Waals surface area (Å²) in [5.74, 6) is 1.55. The van der Waals surface area contributed by atoms with Crippen molar-refractivity contribution in [3.63, 3.8) is 0 Å². The highest BCUT2D eigenvalue weighted by atomic mass is 79.9. The van der Waals surface area contributed by atoms with E-state index in [1.807, 2.05) is 0 Å². The van der Waals surface area contributed by atoms with E-state index in [4.69, 9.17) is 4.98 Å². The highest BCUT2D eigenvalue weighted by Crippen LogP contribution is 2.42. The van der Waals surface area contributed by atoms with Crippen LogP contribution in [-0.2, 0) is 6.42 Å². The molecule has 2 aliphatic carbocycles. The smallest absolute Gasteiger partial charge is 0.265 e. The minimum Gasteiger partial charge on any atom is -0.309 e. The molecular weight excluding hydrogens is 316 g/mol. The Balaban J connectivity index is 1.82. The molecule has 0 saturated heterocycles. The largest absolute Gasteiger partial charge is 0.309 e. The predicted octanol–water partition coefficient (Wildman–Crippen LogP) is 3.49. The number of hydrogen-bond acceptors (Lipinski definition) is 2. The summed E-state index contributed by atoms with van der Waals surface area (Å²) >= 11 is 3.39. The molecule has 1 fully saturated rings. The second-order valence-electron chi connectivity index (χ2n) is 5.71. The van der Waals surface area contributed by atoms with Gasteiger partial charge in [0.2, 0.25) is 0 Å². The lowest BCUT2D eigenvalue weighted by atomic mass is 10.0. The maximum atomic E-state index is 12.1. The molecule has 1 aromatic carbocycles. The molecule has 1 saturated carbocycles. The minimum atomic E-state index is -0.0405. The van der Waals surface area contributed by atoms with Gasteiger partial charge in [-0.15, -0.1) is 0 Å². The Morgan fingerprint density at radius 1 is 1.20 bits per heavy atom. The fraction of sp³-hybridized carbons (Fsp3) is 0.375. The van der Waals surface area contributed by atoms with E-state index in [-0.39, 0.29) is 11.5 Å². The van der Waals surface area contributed by atoms with Gasteiger partial charge in [-0.3, -0.25) is 4.79 Å². The van der Waals surface area contributed by atoms with Gasteiger partial charge < -0.3 is 4.98 Å². The lowest BCUT2D eigenvalue weighted by Crippen LogP contribution is -2.17. The van der Waals surface area contributed by atoms with Gasteiger partial charge in [-0.05, 0) is 52.7 Å². The summed E-state index contributed by atoms with van der Waals surface area (Å²) < 4.78 is 0.620. The van der Waals surface area contributed by atoms with Crippen LogP contribution in [0.1, 0.15) is 53.7 Å². The third-order valence-electron chi connectivity index (χ3n) is 4.33. The molecule has 4 rings (SSSR count). The molecule has 2 aromatic rings. The summed E-state index contributed by atoms with van der Waals surface area (Å²) in [4.78, 5) is 19.9. The van der Waals surface area contributed by atoms with Crippen molar-refractivity contribution < 1.29 is 0 Å². The van der Waals surface area contributed by atoms with E-state index in [0.29, 0.717) is 10.4 Å². The number of H-pyrrole nitrogens is 1. The Kier molecular flexibility index (Phi) is 2.81. The molecule has 102 valence electrons. The molecule has 1 N–H and O–H groups in total. The van der Waals surface area contributed by atoms with Gasteiger partial charge in [-0.25, -0.2) is 4.98 Å². The van der Waals surface area contributed by atoms with Crippen LogP contribution in [0.25, 0.3) is 0 Å². The van der Waals surface area contributed by atoms with Gasteiger partial charge in [-0.2, -0.15) is 0 Å². The van der Waals surface area contributed by atoms with Gasteiger partial charge in [0, 0.05) is 11.8 Å². The SMILES string of the molecule is O=c1[nH]c(C2CCc3ccccc32)nc(C2CC2)c1Br. The summed E-state index contributed by atoms with van der Waals surface area (Å²) in [6.45, 7) is 0. The molecule has 1 atom stereocenters. The van der Waals surface area contributed by atoms with Crippen LogP contribution >= 0.6 is 15.9 Å². The summed E-state index contributed by atoms with van der Waals surface area (Å²) in [7, 11) is 0. The first kappa shape index (κ1) is 12.3. The van der Waals surface area contributed by atoms with Gasteiger partial charge in [0.05, 0.1) is 5.69 Å². The summed E-state index contributed by atoms with van der Waals surface area (Å²) in [6, 6.07) is 8.48. The molecule has 3 nitrogen and oxygen atoms in total. The molecule has 1 heterocycles. The van der Waals surface area contributed by atoms with Crippen LogP contribution in [0.5, 0.6) is 0 Å². The topological polar surface area (TPSA) is 45.8 Å². The van der Waals surface area contributed by atoms with E-state index < -0.39 is 0 Å². The first-order valence-corrected chi connectivity index (χ1v) is 7.90. The molecule has 2 aliphatic rings. The Hall–Kier alpha value is -1.42. The highest BCUT2D eigenvalue weighted by molar-refractivity contribution is 9.10. The number of fused-ring (bicyclic) bond motifs is 1. The maximum absolute atomic E-state index is 12.1. The Labute approximate surface area is 125 Å². The van der Waals surface area contributed by atoms with Crippen molar-refractivity contribution in [1.29, 1.82) is 0 Å². The van der Waals surface area contributed by atoms with E-state index in [1.165, 1.54) is 11.1 Å². The van der Waals surface area contributed by atoms with Crippen molar-refractivity contribution in [2.24, 2.45) is 0 Å². The number of nitrogens with one attached hydrogen (secondary N) is 1. The number of aromatic nitrogens is 2. The second kappa shape index (κ2) is 4.55. The van der Waals surface area contributed by atoms with Crippen LogP contribution in [0.3, 0.4) is 0 Å². The zero-order valence-electron chi connectivity index (χ0n) is 11.0. The summed E-state index contributed by atoms with van der Waals surface area (Å²) in [6.07, 6.45) is 4.40. The monoisotopic (exact) mass is 330 g/mol. The van der Waals surface area contributed by atoms with Gasteiger partial charge in [0.15, 0.2) is 0 Å². The van der Waals surface area contributed by atoms with Gasteiger partial charge >= 0.3 is 0 Å². The molecule has 0 spiro atoms. The Bertz CT molecular complexity index is 733. The fourth-order valence-corrected chi connectivity index (χ4v) is 3.64. The van der Waals surface area contributed by atoms with Crippen molar-refractivity contribution in [1.82, 2.24) is 9.97 Å². The number of rotatable bonds is 2. The minimum absolute atomic E-state index is 0.0405. The van der Waals surface area contributed by atoms with E-state index in [1.54, 1.807) is 0 Å². The number of aryl methyl sites for hydroxylation is 1. The molecule has 20 heavy (non-hydrogen) atoms. The van der Waals surface area contributed by atoms with Crippen molar-refractivity contribution in [3.05, 3.63) is 61.7 Å². The van der Waals surface area contributed by atoms with Gasteiger partial charge in [0.1, 0.15) is 10.3 Å². The lowest BCUT2D eigenvalue weighted by molar-refractivity contribution is 0.710. The second-order valence-corrected chi connectivity index (χ2v) is 6.51. The van der Waals surface area contributed by atoms with Crippen LogP contribution < -0.4 is 5.56 Å². The van der Waals surface area contributed by atoms with Gasteiger partial charge in [0.25, 0.3) is 5.56 Å². The number of aromatic amines is 1. The average molecular weight is 331 g/mol. The van der Waals surface area contributed by atoms with E-state index >= 15 is 0 Å². The molecule has 1 unspecified atom stereocenters. The summed E-state index contributed by atoms with van der Waals surface area (Å²) in [5.41, 5.74) is 3.62. The molecule has 4 heteroatoms. The standard InChI is InChI=1S/C16H15BrN2O/c17-13-14(10-5-6-10)18-15(19-16(13)20)12-8-7-9-3-1-2-4-11(9)12/h1-4,10,12H,5-8H2,(H,18,19,20). The van der Waals surface area contributed by atoms with Crippen molar-refractivity contribution in [2.45, 2.75) is 37.5 Å². The van der Waals surface area contributed by atoms with Crippen LogP contribution in [-0.4, -0.2) is 9.97 Å². The van der Waals surface area contributed by atoms with Crippen LogP contribution in [0, 0.1) is 0 Å². The van der Waals surface area contributed by atoms with Crippen LogP contribution in [0.15, 0.2) is 33.5 Å². The molecular formula is C16H15BrN2O. The normalized spacial score (nSPS) is 20.9. The number of nitrogens with zero attached hydrogens (tertiary/aromatic N) is 1. The first-order chi connectivity index (χ1) is 9.74. The van der Waals surface area contributed by atoms with Crippen molar-refractivity contribution >= 4 is 15.9 Å². The molecule has 0 aliphatic heterocycles. The molecule has 0 amide bonds. The molecule has 0 bridgehead atoms. The van der Waals surface area contributed by atoms with Gasteiger partial charge in [-0.1, -0.05) is 24.3 Å². The molecule has 1 aromatic heterocycles. The van der Waals surface area contributed by atoms with E-state index in [2.05, 4.69) is 45.2 Å². The number of hydrogen-bond donors (Lipinski definition) is 1. The average Bonchev–Trinajstić information content (AvgIpc) is 3.21. The number of halogens is 1. The third kappa shape index (κ3) is 1.94. The first-order valence-electron chi connectivity index (χ1n) is 7.11. The zero-order valence-corrected chi connectivity index (χ0v) is 12.6. The highest BCUT2D eigenvalue weighted by Gasteiger charge is 2.31. The van der Waals surface area contributed by atoms with Crippen LogP contribution in [0.2, 0.25) is 0 Å². The lowest BCUT2D eigenvalue weighted by Gasteiger charge is -2.13. The molecule has 0 radical (unpaired) electrons. The zero-order chi connectivity index (χ0) is 13.7. The maximum Gasteiger partial charge on any atom is 0.265 e. The van der Waals surface area contributed by atoms with E-state index in [0.717, 1.165) is 37.2 Å².